The lowest BCUT2D eigenvalue weighted by molar-refractivity contribution is 0.0892. The van der Waals surface area contributed by atoms with E-state index in [1.165, 1.54) is 0 Å². The summed E-state index contributed by atoms with van der Waals surface area (Å²) >= 11 is 0. The number of rotatable bonds is 5. The van der Waals surface area contributed by atoms with Gasteiger partial charge in [-0.15, -0.1) is 0 Å². The van der Waals surface area contributed by atoms with Crippen LogP contribution in [0.4, 0.5) is 0 Å². The van der Waals surface area contributed by atoms with Gasteiger partial charge in [0.05, 0.1) is 35.9 Å². The average Bonchev–Trinajstić information content (AvgIpc) is 3.36. The van der Waals surface area contributed by atoms with E-state index in [0.717, 1.165) is 37.2 Å². The topological polar surface area (TPSA) is 86.3 Å². The van der Waals surface area contributed by atoms with E-state index >= 15 is 0 Å². The molecular weight excluding hydrogens is 332 g/mol. The molecule has 0 aromatic carbocycles. The molecule has 3 heterocycles. The number of carbonyl (C=O) groups is 1. The summed E-state index contributed by atoms with van der Waals surface area (Å²) in [5.74, 6) is 0.603. The number of carbonyl (C=O) groups excluding carboxylic acids is 1. The molecule has 26 heavy (non-hydrogen) atoms. The fraction of sp³-hybridized carbons (Fsp3) is 0.444. The van der Waals surface area contributed by atoms with Gasteiger partial charge in [0, 0.05) is 18.8 Å². The number of hydrogen-bond donors (Lipinski definition) is 1. The highest BCUT2D eigenvalue weighted by Gasteiger charge is 2.31. The molecule has 8 nitrogen and oxygen atoms in total. The zero-order chi connectivity index (χ0) is 18.1. The SMILES string of the molecule is CCn1cc(O[C@@H]2CCC[C@@H]2NC(=O)c2cn3nccc3nc2C)cn1. The van der Waals surface area contributed by atoms with Crippen LogP contribution in [0.1, 0.15) is 42.2 Å². The third-order valence-corrected chi connectivity index (χ3v) is 4.81. The molecule has 1 aliphatic carbocycles. The van der Waals surface area contributed by atoms with Crippen LogP contribution in [0, 0.1) is 6.92 Å². The Morgan fingerprint density at radius 1 is 1.35 bits per heavy atom. The van der Waals surface area contributed by atoms with Crippen molar-refractivity contribution in [3.05, 3.63) is 42.1 Å². The quantitative estimate of drug-likeness (QED) is 0.757. The molecule has 4 rings (SSSR count). The molecule has 1 saturated carbocycles. The summed E-state index contributed by atoms with van der Waals surface area (Å²) < 4.78 is 9.50. The van der Waals surface area contributed by atoms with Crippen LogP contribution in [0.3, 0.4) is 0 Å². The molecule has 0 aliphatic heterocycles. The molecule has 3 aromatic rings. The van der Waals surface area contributed by atoms with Crippen LogP contribution < -0.4 is 10.1 Å². The minimum atomic E-state index is -0.142. The first-order valence-corrected chi connectivity index (χ1v) is 8.95. The maximum Gasteiger partial charge on any atom is 0.255 e. The van der Waals surface area contributed by atoms with Gasteiger partial charge in [-0.25, -0.2) is 9.50 Å². The van der Waals surface area contributed by atoms with Crippen LogP contribution in [-0.4, -0.2) is 42.4 Å². The fourth-order valence-electron chi connectivity index (χ4n) is 3.40. The highest BCUT2D eigenvalue weighted by atomic mass is 16.5. The molecule has 1 N–H and O–H groups in total. The Labute approximate surface area is 151 Å². The lowest BCUT2D eigenvalue weighted by Gasteiger charge is -2.22. The molecule has 136 valence electrons. The number of nitrogens with zero attached hydrogens (tertiary/aromatic N) is 5. The third-order valence-electron chi connectivity index (χ3n) is 4.81. The van der Waals surface area contributed by atoms with Crippen molar-refractivity contribution in [2.24, 2.45) is 0 Å². The summed E-state index contributed by atoms with van der Waals surface area (Å²) in [5.41, 5.74) is 1.95. The summed E-state index contributed by atoms with van der Waals surface area (Å²) in [6, 6.07) is 1.78. The average molecular weight is 354 g/mol. The number of aromatic nitrogens is 5. The molecule has 3 aromatic heterocycles. The number of amides is 1. The van der Waals surface area contributed by atoms with Gasteiger partial charge in [-0.05, 0) is 33.1 Å². The first kappa shape index (κ1) is 16.6. The van der Waals surface area contributed by atoms with E-state index < -0.39 is 0 Å². The van der Waals surface area contributed by atoms with Crippen molar-refractivity contribution in [2.75, 3.05) is 0 Å². The van der Waals surface area contributed by atoms with Crippen molar-refractivity contribution < 1.29 is 9.53 Å². The van der Waals surface area contributed by atoms with Crippen LogP contribution in [0.2, 0.25) is 0 Å². The van der Waals surface area contributed by atoms with Gasteiger partial charge in [-0.1, -0.05) is 0 Å². The summed E-state index contributed by atoms with van der Waals surface area (Å²) in [4.78, 5) is 17.2. The van der Waals surface area contributed by atoms with E-state index in [2.05, 4.69) is 20.5 Å². The number of ether oxygens (including phenoxy) is 1. The van der Waals surface area contributed by atoms with Crippen LogP contribution in [-0.2, 0) is 6.54 Å². The summed E-state index contributed by atoms with van der Waals surface area (Å²) in [6.07, 6.45) is 9.79. The van der Waals surface area contributed by atoms with Crippen LogP contribution in [0.5, 0.6) is 5.75 Å². The number of hydrogen-bond acceptors (Lipinski definition) is 5. The van der Waals surface area contributed by atoms with Crippen molar-refractivity contribution in [1.29, 1.82) is 0 Å². The predicted octanol–water partition coefficient (Wildman–Crippen LogP) is 1.98. The second-order valence-corrected chi connectivity index (χ2v) is 6.57. The second kappa shape index (κ2) is 6.78. The van der Waals surface area contributed by atoms with Crippen LogP contribution >= 0.6 is 0 Å². The third kappa shape index (κ3) is 3.14. The van der Waals surface area contributed by atoms with Gasteiger partial charge in [-0.3, -0.25) is 9.48 Å². The first-order valence-electron chi connectivity index (χ1n) is 8.95. The second-order valence-electron chi connectivity index (χ2n) is 6.57. The van der Waals surface area contributed by atoms with Gasteiger partial charge >= 0.3 is 0 Å². The molecule has 0 saturated heterocycles. The Balaban J connectivity index is 1.47. The zero-order valence-electron chi connectivity index (χ0n) is 14.9. The van der Waals surface area contributed by atoms with E-state index in [1.807, 2.05) is 30.8 Å². The van der Waals surface area contributed by atoms with Gasteiger partial charge in [0.15, 0.2) is 11.4 Å². The standard InChI is InChI=1S/C18H22N6O2/c1-3-23-10-13(9-20-23)26-16-6-4-5-15(16)22-18(25)14-11-24-17(7-8-19-24)21-12(14)2/h7-11,15-16H,3-6H2,1-2H3,(H,22,25)/t15-,16+/m0/s1. The normalized spacial score (nSPS) is 19.8. The van der Waals surface area contributed by atoms with Crippen molar-refractivity contribution in [3.63, 3.8) is 0 Å². The fourth-order valence-corrected chi connectivity index (χ4v) is 3.40. The van der Waals surface area contributed by atoms with E-state index in [-0.39, 0.29) is 18.1 Å². The molecule has 1 amide bonds. The Morgan fingerprint density at radius 3 is 3.04 bits per heavy atom. The molecule has 0 bridgehead atoms. The largest absolute Gasteiger partial charge is 0.485 e. The highest BCUT2D eigenvalue weighted by Crippen LogP contribution is 2.25. The maximum atomic E-state index is 12.8. The number of aryl methyl sites for hydroxylation is 2. The molecule has 0 spiro atoms. The molecular formula is C18H22N6O2. The van der Waals surface area contributed by atoms with E-state index in [4.69, 9.17) is 4.74 Å². The van der Waals surface area contributed by atoms with Crippen LogP contribution in [0.25, 0.3) is 5.65 Å². The maximum absolute atomic E-state index is 12.8. The molecule has 1 aliphatic rings. The predicted molar refractivity (Wildman–Crippen MR) is 95.1 cm³/mol. The van der Waals surface area contributed by atoms with Crippen molar-refractivity contribution in [3.8, 4) is 5.75 Å². The Hall–Kier alpha value is -2.90. The van der Waals surface area contributed by atoms with Crippen molar-refractivity contribution >= 4 is 11.6 Å². The Morgan fingerprint density at radius 2 is 2.23 bits per heavy atom. The van der Waals surface area contributed by atoms with Crippen LogP contribution in [0.15, 0.2) is 30.9 Å². The first-order chi connectivity index (χ1) is 12.6. The Kier molecular flexibility index (Phi) is 4.32. The van der Waals surface area contributed by atoms with Gasteiger partial charge < -0.3 is 10.1 Å². The number of fused-ring (bicyclic) bond motifs is 1. The minimum Gasteiger partial charge on any atom is -0.485 e. The minimum absolute atomic E-state index is 0.0276. The van der Waals surface area contributed by atoms with Gasteiger partial charge in [0.25, 0.3) is 5.91 Å². The summed E-state index contributed by atoms with van der Waals surface area (Å²) in [5, 5.41) is 11.5. The lowest BCUT2D eigenvalue weighted by atomic mass is 10.1. The van der Waals surface area contributed by atoms with E-state index in [0.29, 0.717) is 11.3 Å². The smallest absolute Gasteiger partial charge is 0.255 e. The van der Waals surface area contributed by atoms with Crippen molar-refractivity contribution in [1.82, 2.24) is 29.7 Å². The van der Waals surface area contributed by atoms with E-state index in [1.54, 1.807) is 23.1 Å². The monoisotopic (exact) mass is 354 g/mol. The zero-order valence-corrected chi connectivity index (χ0v) is 14.9. The van der Waals surface area contributed by atoms with Crippen molar-refractivity contribution in [2.45, 2.75) is 51.8 Å². The lowest BCUT2D eigenvalue weighted by Crippen LogP contribution is -2.42. The molecule has 1 fully saturated rings. The summed E-state index contributed by atoms with van der Waals surface area (Å²) in [6.45, 7) is 4.67. The molecule has 0 radical (unpaired) electrons. The molecule has 2 atom stereocenters. The molecule has 8 heteroatoms. The summed E-state index contributed by atoms with van der Waals surface area (Å²) in [7, 11) is 0. The van der Waals surface area contributed by atoms with E-state index in [9.17, 15) is 4.79 Å². The van der Waals surface area contributed by atoms with Gasteiger partial charge in [0.1, 0.15) is 6.10 Å². The molecule has 0 unspecified atom stereocenters. The van der Waals surface area contributed by atoms with Gasteiger partial charge in [-0.2, -0.15) is 10.2 Å². The highest BCUT2D eigenvalue weighted by molar-refractivity contribution is 5.95. The van der Waals surface area contributed by atoms with Gasteiger partial charge in [0.2, 0.25) is 0 Å². The number of nitrogens with one attached hydrogen (secondary N) is 1. The Bertz CT molecular complexity index is 931.